The first-order valence-corrected chi connectivity index (χ1v) is 9.60. The first-order valence-electron chi connectivity index (χ1n) is 7.78. The first kappa shape index (κ1) is 18.3. The van der Waals surface area contributed by atoms with Gasteiger partial charge in [0.05, 0.1) is 0 Å². The lowest BCUT2D eigenvalue weighted by Gasteiger charge is -2.34. The van der Waals surface area contributed by atoms with Crippen molar-refractivity contribution in [3.8, 4) is 0 Å². The standard InChI is InChI=1S/C17H17ClF2N2O2S/c18-14-3-1-2-13(10-14)12-21-6-8-22(9-7-21)25(23,24)17-5-4-15(19)11-16(17)20/h1-5,10-11H,6-9,12H2. The Kier molecular flexibility index (Phi) is 5.38. The third kappa shape index (κ3) is 4.17. The smallest absolute Gasteiger partial charge is 0.246 e. The molecule has 134 valence electrons. The van der Waals surface area contributed by atoms with Crippen molar-refractivity contribution in [1.29, 1.82) is 0 Å². The molecular formula is C17H17ClF2N2O2S. The van der Waals surface area contributed by atoms with Crippen molar-refractivity contribution >= 4 is 21.6 Å². The van der Waals surface area contributed by atoms with Gasteiger partial charge < -0.3 is 0 Å². The number of piperazine rings is 1. The quantitative estimate of drug-likeness (QED) is 0.810. The Hall–Kier alpha value is -1.54. The Bertz CT molecular complexity index is 869. The molecule has 3 rings (SSSR count). The van der Waals surface area contributed by atoms with Gasteiger partial charge in [-0.3, -0.25) is 4.90 Å². The maximum Gasteiger partial charge on any atom is 0.246 e. The zero-order chi connectivity index (χ0) is 18.0. The Morgan fingerprint density at radius 3 is 2.36 bits per heavy atom. The van der Waals surface area contributed by atoms with Gasteiger partial charge in [0, 0.05) is 43.8 Å². The summed E-state index contributed by atoms with van der Waals surface area (Å²) in [7, 11) is -3.97. The molecule has 2 aromatic carbocycles. The summed E-state index contributed by atoms with van der Waals surface area (Å²) in [5, 5.41) is 0.658. The van der Waals surface area contributed by atoms with Crippen LogP contribution in [0, 0.1) is 11.6 Å². The van der Waals surface area contributed by atoms with Crippen molar-refractivity contribution in [3.63, 3.8) is 0 Å². The van der Waals surface area contributed by atoms with Crippen LogP contribution in [0.4, 0.5) is 8.78 Å². The molecule has 0 bridgehead atoms. The molecule has 8 heteroatoms. The lowest BCUT2D eigenvalue weighted by molar-refractivity contribution is 0.181. The van der Waals surface area contributed by atoms with E-state index in [1.807, 2.05) is 18.2 Å². The van der Waals surface area contributed by atoms with E-state index in [1.165, 1.54) is 4.31 Å². The van der Waals surface area contributed by atoms with Crippen molar-refractivity contribution in [2.45, 2.75) is 11.4 Å². The predicted molar refractivity (Wildman–Crippen MR) is 91.8 cm³/mol. The molecular weight excluding hydrogens is 370 g/mol. The number of hydrogen-bond donors (Lipinski definition) is 0. The fourth-order valence-electron chi connectivity index (χ4n) is 2.85. The van der Waals surface area contributed by atoms with Gasteiger partial charge in [0.15, 0.2) is 0 Å². The Labute approximate surface area is 150 Å². The molecule has 1 aliphatic heterocycles. The van der Waals surface area contributed by atoms with Crippen LogP contribution in [0.1, 0.15) is 5.56 Å². The van der Waals surface area contributed by atoms with E-state index >= 15 is 0 Å². The second kappa shape index (κ2) is 7.37. The lowest BCUT2D eigenvalue weighted by Crippen LogP contribution is -2.48. The highest BCUT2D eigenvalue weighted by Gasteiger charge is 2.30. The molecule has 0 unspecified atom stereocenters. The molecule has 0 aliphatic carbocycles. The van der Waals surface area contributed by atoms with Crippen LogP contribution in [0.5, 0.6) is 0 Å². The molecule has 2 aromatic rings. The van der Waals surface area contributed by atoms with Crippen LogP contribution in [0.3, 0.4) is 0 Å². The van der Waals surface area contributed by atoms with E-state index in [2.05, 4.69) is 4.90 Å². The van der Waals surface area contributed by atoms with Crippen molar-refractivity contribution in [2.24, 2.45) is 0 Å². The Morgan fingerprint density at radius 2 is 1.72 bits per heavy atom. The van der Waals surface area contributed by atoms with Crippen LogP contribution in [0.2, 0.25) is 5.02 Å². The molecule has 1 aliphatic rings. The van der Waals surface area contributed by atoms with Crippen LogP contribution in [0.15, 0.2) is 47.4 Å². The predicted octanol–water partition coefficient (Wildman–Crippen LogP) is 3.12. The molecule has 0 spiro atoms. The monoisotopic (exact) mass is 386 g/mol. The van der Waals surface area contributed by atoms with Gasteiger partial charge in [0.25, 0.3) is 0 Å². The molecule has 1 fully saturated rings. The summed E-state index contributed by atoms with van der Waals surface area (Å²) in [5.74, 6) is -1.87. The summed E-state index contributed by atoms with van der Waals surface area (Å²) in [6, 6.07) is 10.0. The average molecular weight is 387 g/mol. The van der Waals surface area contributed by atoms with E-state index in [0.717, 1.165) is 17.7 Å². The van der Waals surface area contributed by atoms with Gasteiger partial charge in [-0.1, -0.05) is 23.7 Å². The van der Waals surface area contributed by atoms with Gasteiger partial charge in [0.1, 0.15) is 16.5 Å². The van der Waals surface area contributed by atoms with Crippen LogP contribution in [-0.2, 0) is 16.6 Å². The van der Waals surface area contributed by atoms with Gasteiger partial charge in [-0.05, 0) is 29.8 Å². The highest BCUT2D eigenvalue weighted by Crippen LogP contribution is 2.22. The summed E-state index contributed by atoms with van der Waals surface area (Å²) < 4.78 is 53.2. The summed E-state index contributed by atoms with van der Waals surface area (Å²) in [6.07, 6.45) is 0. The largest absolute Gasteiger partial charge is 0.296 e. The van der Waals surface area contributed by atoms with Crippen LogP contribution in [0.25, 0.3) is 0 Å². The fourth-order valence-corrected chi connectivity index (χ4v) is 4.53. The summed E-state index contributed by atoms with van der Waals surface area (Å²) in [4.78, 5) is 1.62. The fraction of sp³-hybridized carbons (Fsp3) is 0.294. The van der Waals surface area contributed by atoms with Gasteiger partial charge in [-0.25, -0.2) is 17.2 Å². The summed E-state index contributed by atoms with van der Waals surface area (Å²) in [5.41, 5.74) is 1.05. The zero-order valence-corrected chi connectivity index (χ0v) is 14.9. The molecule has 1 saturated heterocycles. The second-order valence-corrected chi connectivity index (χ2v) is 8.23. The van der Waals surface area contributed by atoms with E-state index in [1.54, 1.807) is 6.07 Å². The zero-order valence-electron chi connectivity index (χ0n) is 13.3. The minimum Gasteiger partial charge on any atom is -0.296 e. The number of sulfonamides is 1. The molecule has 25 heavy (non-hydrogen) atoms. The minimum atomic E-state index is -3.97. The van der Waals surface area contributed by atoms with Crippen molar-refractivity contribution in [2.75, 3.05) is 26.2 Å². The molecule has 1 heterocycles. The van der Waals surface area contributed by atoms with Gasteiger partial charge in [0.2, 0.25) is 10.0 Å². The molecule has 4 nitrogen and oxygen atoms in total. The third-order valence-electron chi connectivity index (χ3n) is 4.14. The van der Waals surface area contributed by atoms with E-state index in [9.17, 15) is 17.2 Å². The van der Waals surface area contributed by atoms with E-state index in [4.69, 9.17) is 11.6 Å². The van der Waals surface area contributed by atoms with Crippen molar-refractivity contribution in [3.05, 3.63) is 64.7 Å². The molecule has 0 amide bonds. The number of rotatable bonds is 4. The number of halogens is 3. The maximum absolute atomic E-state index is 13.8. The van der Waals surface area contributed by atoms with E-state index < -0.39 is 26.6 Å². The van der Waals surface area contributed by atoms with Crippen LogP contribution < -0.4 is 0 Å². The number of nitrogens with zero attached hydrogens (tertiary/aromatic N) is 2. The third-order valence-corrected chi connectivity index (χ3v) is 6.31. The van der Waals surface area contributed by atoms with Crippen molar-refractivity contribution in [1.82, 2.24) is 9.21 Å². The second-order valence-electron chi connectivity index (χ2n) is 5.88. The van der Waals surface area contributed by atoms with Gasteiger partial charge >= 0.3 is 0 Å². The topological polar surface area (TPSA) is 40.6 Å². The highest BCUT2D eigenvalue weighted by molar-refractivity contribution is 7.89. The van der Waals surface area contributed by atoms with Crippen LogP contribution >= 0.6 is 11.6 Å². The molecule has 0 saturated carbocycles. The summed E-state index contributed by atoms with van der Waals surface area (Å²) >= 11 is 5.97. The molecule has 0 N–H and O–H groups in total. The average Bonchev–Trinajstić information content (AvgIpc) is 2.55. The maximum atomic E-state index is 13.8. The van der Waals surface area contributed by atoms with E-state index in [0.29, 0.717) is 30.7 Å². The highest BCUT2D eigenvalue weighted by atomic mass is 35.5. The molecule has 0 radical (unpaired) electrons. The Morgan fingerprint density at radius 1 is 1.00 bits per heavy atom. The number of hydrogen-bond acceptors (Lipinski definition) is 3. The summed E-state index contributed by atoms with van der Waals surface area (Å²) in [6.45, 7) is 2.21. The minimum absolute atomic E-state index is 0.250. The number of benzene rings is 2. The Balaban J connectivity index is 1.67. The lowest BCUT2D eigenvalue weighted by atomic mass is 10.2. The van der Waals surface area contributed by atoms with Gasteiger partial charge in [-0.15, -0.1) is 0 Å². The first-order chi connectivity index (χ1) is 11.9. The molecule has 0 aromatic heterocycles. The van der Waals surface area contributed by atoms with Crippen LogP contribution in [-0.4, -0.2) is 43.8 Å². The van der Waals surface area contributed by atoms with E-state index in [-0.39, 0.29) is 13.1 Å². The van der Waals surface area contributed by atoms with Crippen molar-refractivity contribution < 1.29 is 17.2 Å². The SMILES string of the molecule is O=S(=O)(c1ccc(F)cc1F)N1CCN(Cc2cccc(Cl)c2)CC1. The molecule has 0 atom stereocenters. The normalized spacial score (nSPS) is 16.9. The van der Waals surface area contributed by atoms with Gasteiger partial charge in [-0.2, -0.15) is 4.31 Å².